The Hall–Kier alpha value is -1.07. The van der Waals surface area contributed by atoms with Crippen molar-refractivity contribution in [3.63, 3.8) is 0 Å². The van der Waals surface area contributed by atoms with E-state index in [1.807, 2.05) is 39.0 Å². The first-order chi connectivity index (χ1) is 8.43. The van der Waals surface area contributed by atoms with Gasteiger partial charge in [-0.05, 0) is 24.1 Å². The first-order valence-electron chi connectivity index (χ1n) is 6.26. The third kappa shape index (κ3) is 5.51. The molecule has 1 rings (SSSR count). The summed E-state index contributed by atoms with van der Waals surface area (Å²) in [5.74, 6) is 0.0849. The largest absolute Gasteiger partial charge is 0.313 e. The molecule has 0 heterocycles. The van der Waals surface area contributed by atoms with Crippen molar-refractivity contribution in [2.24, 2.45) is 0 Å². The third-order valence-electron chi connectivity index (χ3n) is 2.53. The van der Waals surface area contributed by atoms with Gasteiger partial charge in [-0.1, -0.05) is 32.9 Å². The molecule has 1 aromatic rings. The van der Waals surface area contributed by atoms with Crippen molar-refractivity contribution in [1.29, 1.82) is 0 Å². The van der Waals surface area contributed by atoms with Gasteiger partial charge in [0.2, 0.25) is 10.0 Å². The Balaban J connectivity index is 2.59. The van der Waals surface area contributed by atoms with Gasteiger partial charge < -0.3 is 5.32 Å². The van der Waals surface area contributed by atoms with E-state index < -0.39 is 10.0 Å². The van der Waals surface area contributed by atoms with Gasteiger partial charge in [-0.3, -0.25) is 4.72 Å². The summed E-state index contributed by atoms with van der Waals surface area (Å²) >= 11 is 0. The van der Waals surface area contributed by atoms with Gasteiger partial charge in [-0.15, -0.1) is 0 Å². The number of benzene rings is 1. The maximum absolute atomic E-state index is 11.8. The van der Waals surface area contributed by atoms with Gasteiger partial charge in [-0.2, -0.15) is 0 Å². The van der Waals surface area contributed by atoms with Crippen molar-refractivity contribution in [3.05, 3.63) is 29.8 Å². The molecule has 0 amide bonds. The first kappa shape index (κ1) is 15.0. The number of anilines is 1. The lowest BCUT2D eigenvalue weighted by molar-refractivity contribution is 0.582. The van der Waals surface area contributed by atoms with Gasteiger partial charge in [0.1, 0.15) is 0 Å². The summed E-state index contributed by atoms with van der Waals surface area (Å²) in [6.45, 7) is 6.48. The fourth-order valence-corrected chi connectivity index (χ4v) is 2.54. The van der Waals surface area contributed by atoms with E-state index in [1.165, 1.54) is 0 Å². The van der Waals surface area contributed by atoms with Crippen molar-refractivity contribution in [1.82, 2.24) is 5.32 Å². The minimum Gasteiger partial charge on any atom is -0.313 e. The molecule has 1 aromatic carbocycles. The fourth-order valence-electron chi connectivity index (χ4n) is 1.57. The normalized spacial score (nSPS) is 11.8. The van der Waals surface area contributed by atoms with Crippen molar-refractivity contribution in [2.75, 3.05) is 17.0 Å². The number of rotatable bonds is 7. The molecule has 2 N–H and O–H groups in total. The minimum atomic E-state index is -3.27. The number of sulfonamides is 1. The molecule has 0 saturated heterocycles. The van der Waals surface area contributed by atoms with Crippen molar-refractivity contribution in [2.45, 2.75) is 33.2 Å². The van der Waals surface area contributed by atoms with Crippen molar-refractivity contribution < 1.29 is 8.42 Å². The maximum atomic E-state index is 11.8. The summed E-state index contributed by atoms with van der Waals surface area (Å²) in [6, 6.07) is 7.78. The van der Waals surface area contributed by atoms with Crippen LogP contribution in [-0.4, -0.2) is 26.8 Å². The fraction of sp³-hybridized carbons (Fsp3) is 0.538. The zero-order valence-corrected chi connectivity index (χ0v) is 12.0. The molecule has 102 valence electrons. The van der Waals surface area contributed by atoms with Crippen LogP contribution in [0.4, 0.5) is 5.69 Å². The van der Waals surface area contributed by atoms with Crippen LogP contribution in [0.15, 0.2) is 24.3 Å². The van der Waals surface area contributed by atoms with Crippen LogP contribution in [0.3, 0.4) is 0 Å². The quantitative estimate of drug-likeness (QED) is 0.796. The number of hydrogen-bond donors (Lipinski definition) is 2. The molecule has 0 aliphatic heterocycles. The van der Waals surface area contributed by atoms with E-state index in [2.05, 4.69) is 10.0 Å². The summed E-state index contributed by atoms with van der Waals surface area (Å²) < 4.78 is 26.3. The van der Waals surface area contributed by atoms with Gasteiger partial charge >= 0.3 is 0 Å². The zero-order valence-electron chi connectivity index (χ0n) is 11.2. The molecule has 5 heteroatoms. The summed E-state index contributed by atoms with van der Waals surface area (Å²) in [6.07, 6.45) is 0.893. The molecule has 0 fully saturated rings. The van der Waals surface area contributed by atoms with E-state index in [4.69, 9.17) is 0 Å². The highest BCUT2D eigenvalue weighted by Crippen LogP contribution is 2.12. The molecule has 4 nitrogen and oxygen atoms in total. The summed E-state index contributed by atoms with van der Waals surface area (Å²) in [5.41, 5.74) is 1.76. The Labute approximate surface area is 110 Å². The van der Waals surface area contributed by atoms with Crippen LogP contribution in [0.1, 0.15) is 26.3 Å². The predicted molar refractivity (Wildman–Crippen MR) is 76.4 cm³/mol. The molecule has 0 atom stereocenters. The predicted octanol–water partition coefficient (Wildman–Crippen LogP) is 1.99. The zero-order chi connectivity index (χ0) is 13.6. The smallest absolute Gasteiger partial charge is 0.233 e. The average molecular weight is 270 g/mol. The van der Waals surface area contributed by atoms with Gasteiger partial charge in [0, 0.05) is 18.3 Å². The highest BCUT2D eigenvalue weighted by atomic mass is 32.2. The molecule has 0 spiro atoms. The second kappa shape index (κ2) is 6.75. The molecule has 0 aliphatic rings. The lowest BCUT2D eigenvalue weighted by atomic mass is 10.1. The second-order valence-electron chi connectivity index (χ2n) is 4.58. The standard InChI is InChI=1S/C13H22N2O2S/c1-4-12-6-5-7-13(10-12)15-18(16,17)9-8-14-11(2)3/h5-7,10-11,14-15H,4,8-9H2,1-3H3. The van der Waals surface area contributed by atoms with Crippen LogP contribution >= 0.6 is 0 Å². The van der Waals surface area contributed by atoms with Crippen LogP contribution in [0.25, 0.3) is 0 Å². The molecule has 0 aromatic heterocycles. The van der Waals surface area contributed by atoms with Crippen LogP contribution in [0, 0.1) is 0 Å². The van der Waals surface area contributed by atoms with Crippen molar-refractivity contribution >= 4 is 15.7 Å². The molecule has 0 bridgehead atoms. The van der Waals surface area contributed by atoms with Crippen LogP contribution < -0.4 is 10.0 Å². The van der Waals surface area contributed by atoms with E-state index >= 15 is 0 Å². The molecule has 0 radical (unpaired) electrons. The first-order valence-corrected chi connectivity index (χ1v) is 7.91. The second-order valence-corrected chi connectivity index (χ2v) is 6.43. The highest BCUT2D eigenvalue weighted by molar-refractivity contribution is 7.92. The Bertz CT molecular complexity index is 470. The minimum absolute atomic E-state index is 0.0849. The molecular weight excluding hydrogens is 248 g/mol. The lowest BCUT2D eigenvalue weighted by Crippen LogP contribution is -2.30. The third-order valence-corrected chi connectivity index (χ3v) is 3.82. The molecular formula is C13H22N2O2S. The Morgan fingerprint density at radius 2 is 2.00 bits per heavy atom. The molecule has 0 unspecified atom stereocenters. The average Bonchev–Trinajstić information content (AvgIpc) is 2.27. The Morgan fingerprint density at radius 1 is 1.28 bits per heavy atom. The van der Waals surface area contributed by atoms with Gasteiger partial charge in [0.05, 0.1) is 5.75 Å². The number of aryl methyl sites for hydroxylation is 1. The van der Waals surface area contributed by atoms with Gasteiger partial charge in [-0.25, -0.2) is 8.42 Å². The topological polar surface area (TPSA) is 58.2 Å². The Kier molecular flexibility index (Phi) is 5.62. The van der Waals surface area contributed by atoms with E-state index in [0.717, 1.165) is 12.0 Å². The van der Waals surface area contributed by atoms with E-state index in [-0.39, 0.29) is 5.75 Å². The van der Waals surface area contributed by atoms with Crippen LogP contribution in [0.5, 0.6) is 0 Å². The lowest BCUT2D eigenvalue weighted by Gasteiger charge is -2.11. The summed E-state index contributed by atoms with van der Waals surface area (Å²) in [4.78, 5) is 0. The maximum Gasteiger partial charge on any atom is 0.233 e. The molecule has 18 heavy (non-hydrogen) atoms. The van der Waals surface area contributed by atoms with Gasteiger partial charge in [0.15, 0.2) is 0 Å². The SMILES string of the molecule is CCc1cccc(NS(=O)(=O)CCNC(C)C)c1. The van der Waals surface area contributed by atoms with E-state index in [0.29, 0.717) is 18.3 Å². The van der Waals surface area contributed by atoms with Crippen LogP contribution in [-0.2, 0) is 16.4 Å². The van der Waals surface area contributed by atoms with Crippen molar-refractivity contribution in [3.8, 4) is 0 Å². The monoisotopic (exact) mass is 270 g/mol. The van der Waals surface area contributed by atoms with Gasteiger partial charge in [0.25, 0.3) is 0 Å². The number of nitrogens with one attached hydrogen (secondary N) is 2. The van der Waals surface area contributed by atoms with E-state index in [9.17, 15) is 8.42 Å². The van der Waals surface area contributed by atoms with Crippen LogP contribution in [0.2, 0.25) is 0 Å². The number of hydrogen-bond acceptors (Lipinski definition) is 3. The van der Waals surface area contributed by atoms with E-state index in [1.54, 1.807) is 6.07 Å². The Morgan fingerprint density at radius 3 is 2.61 bits per heavy atom. The molecule has 0 aliphatic carbocycles. The summed E-state index contributed by atoms with van der Waals surface area (Å²) in [7, 11) is -3.27. The molecule has 0 saturated carbocycles. The summed E-state index contributed by atoms with van der Waals surface area (Å²) in [5, 5.41) is 3.09. The highest BCUT2D eigenvalue weighted by Gasteiger charge is 2.10.